The van der Waals surface area contributed by atoms with Gasteiger partial charge in [0.2, 0.25) is 0 Å². The van der Waals surface area contributed by atoms with Crippen molar-refractivity contribution in [1.29, 1.82) is 5.26 Å². The summed E-state index contributed by atoms with van der Waals surface area (Å²) in [5.41, 5.74) is -0.388. The Labute approximate surface area is 100 Å². The summed E-state index contributed by atoms with van der Waals surface area (Å²) in [6, 6.07) is 2.21. The van der Waals surface area contributed by atoms with Crippen LogP contribution in [0.5, 0.6) is 0 Å². The lowest BCUT2D eigenvalue weighted by molar-refractivity contribution is -0.185. The number of rotatable bonds is 3. The van der Waals surface area contributed by atoms with E-state index in [4.69, 9.17) is 5.26 Å². The maximum atomic E-state index is 12.4. The zero-order valence-corrected chi connectivity index (χ0v) is 10.3. The van der Waals surface area contributed by atoms with E-state index in [0.717, 1.165) is 0 Å². The zero-order chi connectivity index (χ0) is 13.1. The molecule has 0 bridgehead atoms. The SMILES string of the molecule is CC(C)(C#N)CCN1CCC(C(F)(F)F)CC1. The van der Waals surface area contributed by atoms with Crippen LogP contribution in [0.3, 0.4) is 0 Å². The van der Waals surface area contributed by atoms with Crippen molar-refractivity contribution in [3.8, 4) is 6.07 Å². The Balaban J connectivity index is 2.32. The summed E-state index contributed by atoms with van der Waals surface area (Å²) >= 11 is 0. The summed E-state index contributed by atoms with van der Waals surface area (Å²) in [7, 11) is 0. The fourth-order valence-electron chi connectivity index (χ4n) is 1.98. The Morgan fingerprint density at radius 1 is 1.24 bits per heavy atom. The van der Waals surface area contributed by atoms with Gasteiger partial charge in [0, 0.05) is 0 Å². The van der Waals surface area contributed by atoms with Crippen molar-refractivity contribution in [3.63, 3.8) is 0 Å². The van der Waals surface area contributed by atoms with Crippen molar-refractivity contribution in [2.75, 3.05) is 19.6 Å². The van der Waals surface area contributed by atoms with Crippen LogP contribution in [-0.2, 0) is 0 Å². The smallest absolute Gasteiger partial charge is 0.303 e. The first kappa shape index (κ1) is 14.3. The van der Waals surface area contributed by atoms with E-state index in [1.165, 1.54) is 0 Å². The van der Waals surface area contributed by atoms with Crippen LogP contribution >= 0.6 is 0 Å². The molecule has 1 aliphatic heterocycles. The van der Waals surface area contributed by atoms with E-state index in [0.29, 0.717) is 26.1 Å². The Morgan fingerprint density at radius 3 is 2.18 bits per heavy atom. The molecule has 0 atom stereocenters. The minimum atomic E-state index is -4.04. The molecule has 0 N–H and O–H groups in total. The molecule has 1 fully saturated rings. The van der Waals surface area contributed by atoms with Gasteiger partial charge in [0.25, 0.3) is 0 Å². The van der Waals surface area contributed by atoms with Gasteiger partial charge >= 0.3 is 6.18 Å². The predicted molar refractivity (Wildman–Crippen MR) is 59.2 cm³/mol. The van der Waals surface area contributed by atoms with Crippen LogP contribution in [0.1, 0.15) is 33.1 Å². The van der Waals surface area contributed by atoms with Crippen LogP contribution in [-0.4, -0.2) is 30.7 Å². The van der Waals surface area contributed by atoms with E-state index in [-0.39, 0.29) is 18.3 Å². The fourth-order valence-corrected chi connectivity index (χ4v) is 1.98. The number of alkyl halides is 3. The molecule has 98 valence electrons. The molecular formula is C12H19F3N2. The third kappa shape index (κ3) is 4.55. The number of nitriles is 1. The Hall–Kier alpha value is -0.760. The lowest BCUT2D eigenvalue weighted by atomic mass is 9.90. The highest BCUT2D eigenvalue weighted by atomic mass is 19.4. The molecule has 1 aliphatic rings. The summed E-state index contributed by atoms with van der Waals surface area (Å²) in [6.07, 6.45) is -2.95. The number of halogens is 3. The summed E-state index contributed by atoms with van der Waals surface area (Å²) in [5, 5.41) is 8.85. The maximum absolute atomic E-state index is 12.4. The molecule has 17 heavy (non-hydrogen) atoms. The van der Waals surface area contributed by atoms with Crippen LogP contribution in [0.15, 0.2) is 0 Å². The number of piperidine rings is 1. The van der Waals surface area contributed by atoms with E-state index >= 15 is 0 Å². The average Bonchev–Trinajstić information content (AvgIpc) is 2.26. The molecule has 0 spiro atoms. The quantitative estimate of drug-likeness (QED) is 0.767. The van der Waals surface area contributed by atoms with Gasteiger partial charge in [-0.15, -0.1) is 0 Å². The number of nitrogens with zero attached hydrogens (tertiary/aromatic N) is 2. The predicted octanol–water partition coefficient (Wildman–Crippen LogP) is 3.20. The van der Waals surface area contributed by atoms with Crippen LogP contribution < -0.4 is 0 Å². The number of likely N-dealkylation sites (tertiary alicyclic amines) is 1. The molecule has 0 radical (unpaired) electrons. The van der Waals surface area contributed by atoms with Crippen LogP contribution in [0.25, 0.3) is 0 Å². The van der Waals surface area contributed by atoms with Crippen molar-refractivity contribution < 1.29 is 13.2 Å². The summed E-state index contributed by atoms with van der Waals surface area (Å²) in [5.74, 6) is -1.14. The molecule has 1 heterocycles. The molecule has 1 rings (SSSR count). The van der Waals surface area contributed by atoms with E-state index in [9.17, 15) is 13.2 Å². The van der Waals surface area contributed by atoms with Gasteiger partial charge in [0.05, 0.1) is 17.4 Å². The lowest BCUT2D eigenvalue weighted by Gasteiger charge is -2.33. The minimum Gasteiger partial charge on any atom is -0.303 e. The summed E-state index contributed by atoms with van der Waals surface area (Å²) < 4.78 is 37.3. The van der Waals surface area contributed by atoms with Crippen molar-refractivity contribution in [2.24, 2.45) is 11.3 Å². The molecule has 2 nitrogen and oxygen atoms in total. The first-order valence-corrected chi connectivity index (χ1v) is 5.95. The van der Waals surface area contributed by atoms with Crippen molar-refractivity contribution in [2.45, 2.75) is 39.3 Å². The van der Waals surface area contributed by atoms with Crippen LogP contribution in [0.4, 0.5) is 13.2 Å². The highest BCUT2D eigenvalue weighted by Crippen LogP contribution is 2.34. The molecule has 0 amide bonds. The molecule has 0 aliphatic carbocycles. The highest BCUT2D eigenvalue weighted by Gasteiger charge is 2.41. The van der Waals surface area contributed by atoms with E-state index in [1.807, 2.05) is 18.7 Å². The topological polar surface area (TPSA) is 27.0 Å². The van der Waals surface area contributed by atoms with Crippen LogP contribution in [0.2, 0.25) is 0 Å². The van der Waals surface area contributed by atoms with E-state index < -0.39 is 12.1 Å². The monoisotopic (exact) mass is 248 g/mol. The molecule has 0 aromatic carbocycles. The van der Waals surface area contributed by atoms with Gasteiger partial charge in [-0.3, -0.25) is 0 Å². The molecule has 0 unspecified atom stereocenters. The van der Waals surface area contributed by atoms with Crippen LogP contribution in [0, 0.1) is 22.7 Å². The number of hydrogen-bond donors (Lipinski definition) is 0. The summed E-state index contributed by atoms with van der Waals surface area (Å²) in [6.45, 7) is 5.41. The zero-order valence-electron chi connectivity index (χ0n) is 10.3. The molecule has 1 saturated heterocycles. The van der Waals surface area contributed by atoms with Gasteiger partial charge in [-0.2, -0.15) is 18.4 Å². The number of hydrogen-bond acceptors (Lipinski definition) is 2. The van der Waals surface area contributed by atoms with Crippen molar-refractivity contribution >= 4 is 0 Å². The Bertz CT molecular complexity index is 283. The Kier molecular flexibility index (Phi) is 4.42. The van der Waals surface area contributed by atoms with Gasteiger partial charge in [0.15, 0.2) is 0 Å². The lowest BCUT2D eigenvalue weighted by Crippen LogP contribution is -2.40. The van der Waals surface area contributed by atoms with Crippen molar-refractivity contribution in [1.82, 2.24) is 4.90 Å². The Morgan fingerprint density at radius 2 is 1.76 bits per heavy atom. The summed E-state index contributed by atoms with van der Waals surface area (Å²) in [4.78, 5) is 2.03. The van der Waals surface area contributed by atoms with Gasteiger partial charge < -0.3 is 4.90 Å². The highest BCUT2D eigenvalue weighted by molar-refractivity contribution is 4.92. The fraction of sp³-hybridized carbons (Fsp3) is 0.917. The van der Waals surface area contributed by atoms with Crippen molar-refractivity contribution in [3.05, 3.63) is 0 Å². The largest absolute Gasteiger partial charge is 0.391 e. The third-order valence-electron chi connectivity index (χ3n) is 3.41. The standard InChI is InChI=1S/C12H19F3N2/c1-11(2,9-16)5-8-17-6-3-10(4-7-17)12(13,14)15/h10H,3-8H2,1-2H3. The second-order valence-electron chi connectivity index (χ2n) is 5.40. The molecule has 0 aromatic rings. The first-order valence-electron chi connectivity index (χ1n) is 5.95. The molecule has 0 saturated carbocycles. The first-order chi connectivity index (χ1) is 7.74. The molecular weight excluding hydrogens is 229 g/mol. The van der Waals surface area contributed by atoms with Gasteiger partial charge in [0.1, 0.15) is 0 Å². The molecule has 5 heteroatoms. The minimum absolute atomic E-state index is 0.191. The van der Waals surface area contributed by atoms with E-state index in [2.05, 4.69) is 6.07 Å². The van der Waals surface area contributed by atoms with Gasteiger partial charge in [-0.05, 0) is 52.7 Å². The van der Waals surface area contributed by atoms with E-state index in [1.54, 1.807) is 0 Å². The van der Waals surface area contributed by atoms with Gasteiger partial charge in [-0.25, -0.2) is 0 Å². The second kappa shape index (κ2) is 5.26. The maximum Gasteiger partial charge on any atom is 0.391 e. The second-order valence-corrected chi connectivity index (χ2v) is 5.40. The third-order valence-corrected chi connectivity index (χ3v) is 3.41. The molecule has 0 aromatic heterocycles. The average molecular weight is 248 g/mol. The van der Waals surface area contributed by atoms with Gasteiger partial charge in [-0.1, -0.05) is 0 Å². The normalized spacial score (nSPS) is 20.2.